The molecule has 0 radical (unpaired) electrons. The van der Waals surface area contributed by atoms with E-state index in [2.05, 4.69) is 5.32 Å². The van der Waals surface area contributed by atoms with Crippen LogP contribution in [0.1, 0.15) is 58.9 Å². The van der Waals surface area contributed by atoms with Crippen molar-refractivity contribution in [1.29, 1.82) is 0 Å². The summed E-state index contributed by atoms with van der Waals surface area (Å²) in [5.74, 6) is 0.300. The molecule has 0 unspecified atom stereocenters. The Morgan fingerprint density at radius 2 is 1.81 bits per heavy atom. The van der Waals surface area contributed by atoms with Gasteiger partial charge in [-0.1, -0.05) is 23.7 Å². The number of amides is 2. The fourth-order valence-electron chi connectivity index (χ4n) is 2.95. The fraction of sp³-hybridized carbons (Fsp3) is 0.600. The summed E-state index contributed by atoms with van der Waals surface area (Å²) in [4.78, 5) is 26.1. The number of nitrogens with one attached hydrogen (secondary N) is 1. The van der Waals surface area contributed by atoms with E-state index in [9.17, 15) is 9.59 Å². The van der Waals surface area contributed by atoms with Gasteiger partial charge in [0.05, 0.1) is 0 Å². The largest absolute Gasteiger partial charge is 0.444 e. The zero-order valence-corrected chi connectivity index (χ0v) is 17.0. The van der Waals surface area contributed by atoms with Crippen LogP contribution in [0, 0.1) is 0 Å². The average Bonchev–Trinajstić information content (AvgIpc) is 2.47. The third-order valence-corrected chi connectivity index (χ3v) is 4.66. The van der Waals surface area contributed by atoms with E-state index < -0.39 is 11.7 Å². The quantitative estimate of drug-likeness (QED) is 0.826. The molecule has 0 aliphatic heterocycles. The van der Waals surface area contributed by atoms with Gasteiger partial charge >= 0.3 is 6.09 Å². The lowest BCUT2D eigenvalue weighted by Gasteiger charge is -2.37. The van der Waals surface area contributed by atoms with Crippen LogP contribution in [0.2, 0.25) is 5.02 Å². The van der Waals surface area contributed by atoms with Gasteiger partial charge in [0.1, 0.15) is 12.1 Å². The Balaban J connectivity index is 1.82. The van der Waals surface area contributed by atoms with Gasteiger partial charge in [-0.05, 0) is 71.1 Å². The highest BCUT2D eigenvalue weighted by Crippen LogP contribution is 2.37. The van der Waals surface area contributed by atoms with Gasteiger partial charge < -0.3 is 10.1 Å². The maximum Gasteiger partial charge on any atom is 0.410 e. The standard InChI is InChI=1S/C20H29ClN2O3/c1-13(2)23(19(25)26-20(3,4)5)12-18(24)22-17-10-15(11-17)14-6-8-16(21)9-7-14/h6-9,13,15,17H,10-12H2,1-5H3,(H,22,24). The minimum absolute atomic E-state index is 0.00862. The Morgan fingerprint density at radius 1 is 1.23 bits per heavy atom. The molecule has 0 heterocycles. The van der Waals surface area contributed by atoms with E-state index in [0.717, 1.165) is 17.9 Å². The Labute approximate surface area is 161 Å². The Morgan fingerprint density at radius 3 is 2.31 bits per heavy atom. The smallest absolute Gasteiger partial charge is 0.410 e. The summed E-state index contributed by atoms with van der Waals surface area (Å²) < 4.78 is 5.39. The normalized spacial score (nSPS) is 19.7. The molecule has 1 N–H and O–H groups in total. The van der Waals surface area contributed by atoms with E-state index in [1.54, 1.807) is 0 Å². The number of ether oxygens (including phenoxy) is 1. The van der Waals surface area contributed by atoms with Crippen molar-refractivity contribution in [3.8, 4) is 0 Å². The number of carbonyl (C=O) groups is 2. The second-order valence-electron chi connectivity index (χ2n) is 8.19. The van der Waals surface area contributed by atoms with Crippen LogP contribution < -0.4 is 5.32 Å². The summed E-state index contributed by atoms with van der Waals surface area (Å²) in [5.41, 5.74) is 0.665. The molecule has 2 rings (SSSR count). The lowest BCUT2D eigenvalue weighted by Crippen LogP contribution is -2.50. The highest BCUT2D eigenvalue weighted by atomic mass is 35.5. The van der Waals surface area contributed by atoms with Gasteiger partial charge in [0, 0.05) is 17.1 Å². The van der Waals surface area contributed by atoms with Crippen molar-refractivity contribution >= 4 is 23.6 Å². The Hall–Kier alpha value is -1.75. The lowest BCUT2D eigenvalue weighted by molar-refractivity contribution is -0.124. The Kier molecular flexibility index (Phi) is 6.56. The molecule has 2 amide bonds. The number of hydrogen-bond acceptors (Lipinski definition) is 3. The third kappa shape index (κ3) is 5.90. The second-order valence-corrected chi connectivity index (χ2v) is 8.62. The topological polar surface area (TPSA) is 58.6 Å². The zero-order valence-electron chi connectivity index (χ0n) is 16.2. The molecule has 0 bridgehead atoms. The van der Waals surface area contributed by atoms with Crippen molar-refractivity contribution in [1.82, 2.24) is 10.2 Å². The van der Waals surface area contributed by atoms with Gasteiger partial charge in [0.15, 0.2) is 0 Å². The monoisotopic (exact) mass is 380 g/mol. The first-order chi connectivity index (χ1) is 12.0. The van der Waals surface area contributed by atoms with E-state index in [1.165, 1.54) is 10.5 Å². The highest BCUT2D eigenvalue weighted by Gasteiger charge is 2.32. The molecule has 6 heteroatoms. The predicted octanol–water partition coefficient (Wildman–Crippen LogP) is 4.35. The van der Waals surface area contributed by atoms with Gasteiger partial charge in [-0.3, -0.25) is 9.69 Å². The van der Waals surface area contributed by atoms with E-state index in [-0.39, 0.29) is 24.5 Å². The molecule has 5 nitrogen and oxygen atoms in total. The van der Waals surface area contributed by atoms with Gasteiger partial charge in [0.2, 0.25) is 5.91 Å². The van der Waals surface area contributed by atoms with Crippen LogP contribution >= 0.6 is 11.6 Å². The second kappa shape index (κ2) is 8.30. The van der Waals surface area contributed by atoms with Gasteiger partial charge in [-0.2, -0.15) is 0 Å². The molecule has 1 fully saturated rings. The molecule has 0 saturated heterocycles. The van der Waals surface area contributed by atoms with E-state index in [0.29, 0.717) is 5.92 Å². The number of benzene rings is 1. The van der Waals surface area contributed by atoms with Gasteiger partial charge in [0.25, 0.3) is 0 Å². The average molecular weight is 381 g/mol. The fourth-order valence-corrected chi connectivity index (χ4v) is 3.08. The predicted molar refractivity (Wildman–Crippen MR) is 103 cm³/mol. The number of halogens is 1. The lowest BCUT2D eigenvalue weighted by atomic mass is 9.76. The molecular formula is C20H29ClN2O3. The zero-order chi connectivity index (χ0) is 19.5. The first-order valence-corrected chi connectivity index (χ1v) is 9.47. The van der Waals surface area contributed by atoms with Crippen molar-refractivity contribution in [2.45, 2.75) is 71.1 Å². The van der Waals surface area contributed by atoms with Crippen LogP contribution in [0.25, 0.3) is 0 Å². The molecule has 1 saturated carbocycles. The summed E-state index contributed by atoms with van der Waals surface area (Å²) in [5, 5.41) is 3.75. The molecule has 1 aliphatic rings. The van der Waals surface area contributed by atoms with Crippen LogP contribution in [0.3, 0.4) is 0 Å². The number of rotatable bonds is 5. The maximum absolute atomic E-state index is 12.3. The van der Waals surface area contributed by atoms with Crippen molar-refractivity contribution in [2.24, 2.45) is 0 Å². The van der Waals surface area contributed by atoms with E-state index in [1.807, 2.05) is 58.9 Å². The van der Waals surface area contributed by atoms with Crippen LogP contribution in [0.5, 0.6) is 0 Å². The SMILES string of the molecule is CC(C)N(CC(=O)NC1CC(c2ccc(Cl)cc2)C1)C(=O)OC(C)(C)C. The van der Waals surface area contributed by atoms with Gasteiger partial charge in [-0.25, -0.2) is 4.79 Å². The summed E-state index contributed by atoms with van der Waals surface area (Å²) in [6.07, 6.45) is 1.35. The molecule has 1 aromatic rings. The molecule has 26 heavy (non-hydrogen) atoms. The summed E-state index contributed by atoms with van der Waals surface area (Å²) in [6.45, 7) is 9.20. The summed E-state index contributed by atoms with van der Waals surface area (Å²) in [7, 11) is 0. The molecule has 1 aliphatic carbocycles. The molecule has 0 atom stereocenters. The van der Waals surface area contributed by atoms with Crippen molar-refractivity contribution in [3.63, 3.8) is 0 Å². The van der Waals surface area contributed by atoms with Crippen LogP contribution in [-0.4, -0.2) is 41.1 Å². The third-order valence-electron chi connectivity index (χ3n) is 4.41. The Bertz CT molecular complexity index is 631. The highest BCUT2D eigenvalue weighted by molar-refractivity contribution is 6.30. The minimum atomic E-state index is -0.583. The van der Waals surface area contributed by atoms with Crippen molar-refractivity contribution in [2.75, 3.05) is 6.54 Å². The van der Waals surface area contributed by atoms with E-state index in [4.69, 9.17) is 16.3 Å². The van der Waals surface area contributed by atoms with Gasteiger partial charge in [-0.15, -0.1) is 0 Å². The van der Waals surface area contributed by atoms with Crippen LogP contribution in [0.15, 0.2) is 24.3 Å². The first kappa shape index (κ1) is 20.6. The number of nitrogens with zero attached hydrogens (tertiary/aromatic N) is 1. The summed E-state index contributed by atoms with van der Waals surface area (Å²) in [6, 6.07) is 7.89. The summed E-state index contributed by atoms with van der Waals surface area (Å²) >= 11 is 5.92. The van der Waals surface area contributed by atoms with Crippen molar-refractivity contribution in [3.05, 3.63) is 34.9 Å². The molecular weight excluding hydrogens is 352 g/mol. The van der Waals surface area contributed by atoms with Crippen LogP contribution in [-0.2, 0) is 9.53 Å². The van der Waals surface area contributed by atoms with Crippen LogP contribution in [0.4, 0.5) is 4.79 Å². The molecule has 0 spiro atoms. The van der Waals surface area contributed by atoms with E-state index >= 15 is 0 Å². The first-order valence-electron chi connectivity index (χ1n) is 9.09. The number of carbonyl (C=O) groups excluding carboxylic acids is 2. The molecule has 1 aromatic carbocycles. The maximum atomic E-state index is 12.3. The minimum Gasteiger partial charge on any atom is -0.444 e. The van der Waals surface area contributed by atoms with Crippen molar-refractivity contribution < 1.29 is 14.3 Å². The number of hydrogen-bond donors (Lipinski definition) is 1. The molecule has 0 aromatic heterocycles. The molecule has 144 valence electrons.